The van der Waals surface area contributed by atoms with E-state index in [4.69, 9.17) is 0 Å². The van der Waals surface area contributed by atoms with Crippen molar-refractivity contribution >= 4 is 0 Å². The summed E-state index contributed by atoms with van der Waals surface area (Å²) in [6.45, 7) is 10.3. The van der Waals surface area contributed by atoms with Crippen LogP contribution in [0.5, 0.6) is 0 Å². The van der Waals surface area contributed by atoms with Crippen molar-refractivity contribution in [2.75, 3.05) is 6.54 Å². The third-order valence-electron chi connectivity index (χ3n) is 2.46. The van der Waals surface area contributed by atoms with Crippen molar-refractivity contribution in [2.45, 2.75) is 65.8 Å². The number of unbranched alkanes of at least 4 members (excludes halogenated alkanes) is 2. The molecule has 0 aliphatic carbocycles. The van der Waals surface area contributed by atoms with E-state index >= 15 is 0 Å². The highest BCUT2D eigenvalue weighted by Gasteiger charge is 2.00. The summed E-state index contributed by atoms with van der Waals surface area (Å²) in [6, 6.07) is 0.713. The van der Waals surface area contributed by atoms with E-state index in [0.717, 1.165) is 5.92 Å². The van der Waals surface area contributed by atoms with Gasteiger partial charge < -0.3 is 5.32 Å². The molecule has 0 heterocycles. The topological polar surface area (TPSA) is 12.0 Å². The van der Waals surface area contributed by atoms with E-state index in [1.54, 1.807) is 0 Å². The van der Waals surface area contributed by atoms with Crippen molar-refractivity contribution in [3.05, 3.63) is 0 Å². The van der Waals surface area contributed by atoms with Gasteiger partial charge in [0.1, 0.15) is 0 Å². The van der Waals surface area contributed by atoms with E-state index in [9.17, 15) is 0 Å². The van der Waals surface area contributed by atoms with Crippen LogP contribution in [0.3, 0.4) is 0 Å². The van der Waals surface area contributed by atoms with E-state index in [2.05, 4.69) is 33.0 Å². The molecule has 1 atom stereocenters. The monoisotopic (exact) mass is 185 g/mol. The van der Waals surface area contributed by atoms with Crippen LogP contribution in [-0.4, -0.2) is 12.6 Å². The largest absolute Gasteiger partial charge is 0.314 e. The highest BCUT2D eigenvalue weighted by atomic mass is 14.9. The average molecular weight is 185 g/mol. The smallest absolute Gasteiger partial charge is 0.00387 e. The minimum atomic E-state index is 0.713. The molecule has 0 aliphatic heterocycles. The van der Waals surface area contributed by atoms with Gasteiger partial charge in [0.15, 0.2) is 0 Å². The number of rotatable bonds is 8. The molecule has 0 saturated heterocycles. The summed E-state index contributed by atoms with van der Waals surface area (Å²) in [5.74, 6) is 0.829. The maximum atomic E-state index is 3.57. The van der Waals surface area contributed by atoms with Gasteiger partial charge in [0.25, 0.3) is 0 Å². The first-order valence-electron chi connectivity index (χ1n) is 5.90. The van der Waals surface area contributed by atoms with Crippen LogP contribution in [0.2, 0.25) is 0 Å². The molecule has 0 amide bonds. The van der Waals surface area contributed by atoms with Crippen molar-refractivity contribution in [3.8, 4) is 0 Å². The first-order valence-corrected chi connectivity index (χ1v) is 5.90. The standard InChI is InChI=1S/C12H27N/c1-5-6-7-8-12(4)13-10-9-11(2)3/h11-13H,5-10H2,1-4H3. The highest BCUT2D eigenvalue weighted by Crippen LogP contribution is 2.03. The lowest BCUT2D eigenvalue weighted by atomic mass is 10.1. The molecule has 0 aromatic rings. The summed E-state index contributed by atoms with van der Waals surface area (Å²) < 4.78 is 0. The van der Waals surface area contributed by atoms with Gasteiger partial charge in [0.2, 0.25) is 0 Å². The van der Waals surface area contributed by atoms with Crippen molar-refractivity contribution in [1.29, 1.82) is 0 Å². The van der Waals surface area contributed by atoms with Crippen molar-refractivity contribution in [1.82, 2.24) is 5.32 Å². The summed E-state index contributed by atoms with van der Waals surface area (Å²) in [5, 5.41) is 3.57. The molecule has 0 radical (unpaired) electrons. The average Bonchev–Trinajstić information content (AvgIpc) is 2.04. The maximum absolute atomic E-state index is 3.57. The lowest BCUT2D eigenvalue weighted by Crippen LogP contribution is -2.27. The van der Waals surface area contributed by atoms with Crippen LogP contribution in [0.1, 0.15) is 59.8 Å². The van der Waals surface area contributed by atoms with Crippen LogP contribution >= 0.6 is 0 Å². The fourth-order valence-corrected chi connectivity index (χ4v) is 1.42. The molecule has 0 spiro atoms. The summed E-state index contributed by atoms with van der Waals surface area (Å²) in [7, 11) is 0. The SMILES string of the molecule is CCCCCC(C)NCCC(C)C. The predicted molar refractivity (Wildman–Crippen MR) is 61.1 cm³/mol. The normalized spacial score (nSPS) is 13.6. The Morgan fingerprint density at radius 1 is 1.00 bits per heavy atom. The van der Waals surface area contributed by atoms with Gasteiger partial charge in [-0.1, -0.05) is 40.0 Å². The van der Waals surface area contributed by atoms with Gasteiger partial charge in [-0.3, -0.25) is 0 Å². The van der Waals surface area contributed by atoms with Gasteiger partial charge in [-0.05, 0) is 32.2 Å². The van der Waals surface area contributed by atoms with Gasteiger partial charge >= 0.3 is 0 Å². The maximum Gasteiger partial charge on any atom is 0.00387 e. The fraction of sp³-hybridized carbons (Fsp3) is 1.00. The number of hydrogen-bond acceptors (Lipinski definition) is 1. The number of nitrogens with one attached hydrogen (secondary N) is 1. The Hall–Kier alpha value is -0.0400. The van der Waals surface area contributed by atoms with Gasteiger partial charge in [0.05, 0.1) is 0 Å². The molecule has 0 bridgehead atoms. The second-order valence-electron chi connectivity index (χ2n) is 4.53. The lowest BCUT2D eigenvalue weighted by molar-refractivity contribution is 0.455. The molecule has 0 fully saturated rings. The van der Waals surface area contributed by atoms with E-state index in [1.165, 1.54) is 38.6 Å². The Morgan fingerprint density at radius 2 is 1.69 bits per heavy atom. The Morgan fingerprint density at radius 3 is 2.23 bits per heavy atom. The Balaban J connectivity index is 3.15. The van der Waals surface area contributed by atoms with Gasteiger partial charge in [-0.2, -0.15) is 0 Å². The molecule has 0 aliphatic rings. The fourth-order valence-electron chi connectivity index (χ4n) is 1.42. The first-order chi connectivity index (χ1) is 6.16. The van der Waals surface area contributed by atoms with Crippen LogP contribution < -0.4 is 5.32 Å². The highest BCUT2D eigenvalue weighted by molar-refractivity contribution is 4.61. The van der Waals surface area contributed by atoms with Crippen LogP contribution in [0, 0.1) is 5.92 Å². The molecule has 0 aromatic heterocycles. The summed E-state index contributed by atoms with van der Waals surface area (Å²) in [6.07, 6.45) is 6.74. The first kappa shape index (κ1) is 13.0. The Kier molecular flexibility index (Phi) is 8.53. The summed E-state index contributed by atoms with van der Waals surface area (Å²) in [4.78, 5) is 0. The van der Waals surface area contributed by atoms with Gasteiger partial charge in [0, 0.05) is 6.04 Å². The van der Waals surface area contributed by atoms with Crippen LogP contribution in [-0.2, 0) is 0 Å². The molecule has 1 heteroatoms. The second-order valence-corrected chi connectivity index (χ2v) is 4.53. The molecule has 80 valence electrons. The molecule has 1 unspecified atom stereocenters. The van der Waals surface area contributed by atoms with Gasteiger partial charge in [-0.15, -0.1) is 0 Å². The van der Waals surface area contributed by atoms with E-state index < -0.39 is 0 Å². The lowest BCUT2D eigenvalue weighted by Gasteiger charge is -2.14. The third-order valence-corrected chi connectivity index (χ3v) is 2.46. The minimum absolute atomic E-state index is 0.713. The molecule has 13 heavy (non-hydrogen) atoms. The Bertz CT molecular complexity index is 99.3. The molecular formula is C12H27N. The molecule has 0 saturated carbocycles. The molecule has 0 aromatic carbocycles. The van der Waals surface area contributed by atoms with Crippen molar-refractivity contribution in [2.24, 2.45) is 5.92 Å². The Labute approximate surface area is 84.3 Å². The van der Waals surface area contributed by atoms with Crippen LogP contribution in [0.4, 0.5) is 0 Å². The molecule has 1 N–H and O–H groups in total. The molecule has 0 rings (SSSR count). The van der Waals surface area contributed by atoms with E-state index in [0.29, 0.717) is 6.04 Å². The molecule has 1 nitrogen and oxygen atoms in total. The van der Waals surface area contributed by atoms with Crippen molar-refractivity contribution in [3.63, 3.8) is 0 Å². The predicted octanol–water partition coefficient (Wildman–Crippen LogP) is 3.59. The third kappa shape index (κ3) is 9.88. The quantitative estimate of drug-likeness (QED) is 0.570. The zero-order valence-electron chi connectivity index (χ0n) is 9.90. The summed E-state index contributed by atoms with van der Waals surface area (Å²) >= 11 is 0. The summed E-state index contributed by atoms with van der Waals surface area (Å²) in [5.41, 5.74) is 0. The zero-order valence-corrected chi connectivity index (χ0v) is 9.90. The van der Waals surface area contributed by atoms with Crippen LogP contribution in [0.25, 0.3) is 0 Å². The van der Waals surface area contributed by atoms with E-state index in [-0.39, 0.29) is 0 Å². The zero-order chi connectivity index (χ0) is 10.1. The second kappa shape index (κ2) is 8.55. The van der Waals surface area contributed by atoms with Gasteiger partial charge in [-0.25, -0.2) is 0 Å². The van der Waals surface area contributed by atoms with Crippen molar-refractivity contribution < 1.29 is 0 Å². The van der Waals surface area contributed by atoms with Crippen LogP contribution in [0.15, 0.2) is 0 Å². The molecular weight excluding hydrogens is 158 g/mol. The number of hydrogen-bond donors (Lipinski definition) is 1. The minimum Gasteiger partial charge on any atom is -0.314 e. The van der Waals surface area contributed by atoms with E-state index in [1.807, 2.05) is 0 Å².